The molecule has 0 fully saturated rings. The second-order valence-electron chi connectivity index (χ2n) is 4.75. The fourth-order valence-electron chi connectivity index (χ4n) is 1.57. The van der Waals surface area contributed by atoms with Crippen molar-refractivity contribution in [1.29, 1.82) is 5.26 Å². The van der Waals surface area contributed by atoms with Crippen molar-refractivity contribution in [3.05, 3.63) is 70.0 Å². The predicted molar refractivity (Wildman–Crippen MR) is 76.0 cm³/mol. The molecule has 1 aromatic carbocycles. The molecule has 1 aromatic heterocycles. The zero-order chi connectivity index (χ0) is 19.4. The monoisotopic (exact) mass is 475 g/mol. The van der Waals surface area contributed by atoms with Crippen LogP contribution in [0.4, 0.5) is 22.6 Å². The molecule has 2 aromatic rings. The van der Waals surface area contributed by atoms with Crippen molar-refractivity contribution in [3.8, 4) is 6.07 Å². The first-order chi connectivity index (χ1) is 11.1. The van der Waals surface area contributed by atoms with Gasteiger partial charge in [0.1, 0.15) is 0 Å². The first-order valence-electron chi connectivity index (χ1n) is 6.33. The second-order valence-corrected chi connectivity index (χ2v) is 10.2. The van der Waals surface area contributed by atoms with Gasteiger partial charge in [-0.25, -0.2) is 4.57 Å². The number of non-ortho nitro benzene ring substituents is 1. The maximum atomic E-state index is 10.5. The van der Waals surface area contributed by atoms with E-state index in [2.05, 4.69) is 0 Å². The number of halogens is 6. The Kier molecular flexibility index (Phi) is 5.40. The van der Waals surface area contributed by atoms with Gasteiger partial charge in [0.05, 0.1) is 16.6 Å². The summed E-state index contributed by atoms with van der Waals surface area (Å²) in [5.74, 6) is 0. The summed E-state index contributed by atoms with van der Waals surface area (Å²) < 4.78 is 61.5. The van der Waals surface area contributed by atoms with E-state index in [9.17, 15) is 27.0 Å². The number of nitriles is 1. The van der Waals surface area contributed by atoms with Gasteiger partial charge in [0.25, 0.3) is 5.69 Å². The molecule has 2 rings (SSSR count). The minimum absolute atomic E-state index is 0.0866. The topological polar surface area (TPSA) is 70.8 Å². The van der Waals surface area contributed by atoms with E-state index in [-0.39, 0.29) is 5.69 Å². The predicted octanol–water partition coefficient (Wildman–Crippen LogP) is 3.94. The molecule has 0 radical (unpaired) electrons. The van der Waals surface area contributed by atoms with Gasteiger partial charge >= 0.3 is 36.4 Å². The molecule has 12 heteroatoms. The SMILES string of the molecule is N#Cc1cc[n+](Cc2ccc([N+](=O)[O-])cc2)cc1.[F][Sb-]([F])([F])([F])([F])[F]. The molecular weight excluding hydrogens is 466 g/mol. The van der Waals surface area contributed by atoms with E-state index >= 15 is 0 Å². The molecule has 0 amide bonds. The Morgan fingerprint density at radius 2 is 1.44 bits per heavy atom. The molecule has 0 unspecified atom stereocenters. The number of hydrogen-bond donors (Lipinski definition) is 0. The molecule has 5 nitrogen and oxygen atoms in total. The van der Waals surface area contributed by atoms with Crippen LogP contribution in [-0.2, 0) is 6.54 Å². The third-order valence-corrected chi connectivity index (χ3v) is 2.53. The van der Waals surface area contributed by atoms with E-state index in [1.54, 1.807) is 36.7 Å². The van der Waals surface area contributed by atoms with Crippen molar-refractivity contribution >= 4 is 25.2 Å². The van der Waals surface area contributed by atoms with Crippen molar-refractivity contribution in [1.82, 2.24) is 0 Å². The molecule has 0 saturated carbocycles. The fourth-order valence-corrected chi connectivity index (χ4v) is 1.57. The zero-order valence-corrected chi connectivity index (χ0v) is 14.8. The maximum absolute atomic E-state index is 11.2. The van der Waals surface area contributed by atoms with Gasteiger partial charge in [-0.15, -0.1) is 0 Å². The van der Waals surface area contributed by atoms with Crippen LogP contribution in [0.2, 0.25) is 0 Å². The van der Waals surface area contributed by atoms with Gasteiger partial charge < -0.3 is 0 Å². The molecule has 0 aliphatic carbocycles. The number of rotatable bonds is 3. The summed E-state index contributed by atoms with van der Waals surface area (Å²) in [6.45, 7) is 0.615. The average Bonchev–Trinajstić information content (AvgIpc) is 2.45. The zero-order valence-electron chi connectivity index (χ0n) is 12.2. The average molecular weight is 476 g/mol. The van der Waals surface area contributed by atoms with Crippen LogP contribution in [0.1, 0.15) is 11.1 Å². The Morgan fingerprint density at radius 3 is 1.80 bits per heavy atom. The van der Waals surface area contributed by atoms with Crippen LogP contribution in [0.25, 0.3) is 0 Å². The standard InChI is InChI=1S/C13H10N3O2.6FH.Sb/c14-9-11-5-7-15(8-6-11)10-12-1-3-13(4-2-12)16(17)18;;;;;;;/h1-8H,10H2;6*1H;/q+1;;;;;;;+5/p-6. The van der Waals surface area contributed by atoms with Crippen LogP contribution in [-0.4, -0.2) is 24.4 Å². The Hall–Kier alpha value is -2.34. The molecule has 0 aliphatic heterocycles. The number of hydrogen-bond acceptors (Lipinski definition) is 3. The van der Waals surface area contributed by atoms with Gasteiger partial charge in [0.15, 0.2) is 18.9 Å². The van der Waals surface area contributed by atoms with E-state index < -0.39 is 24.4 Å². The number of nitrogens with zero attached hydrogens (tertiary/aromatic N) is 3. The Morgan fingerprint density at radius 1 is 1.00 bits per heavy atom. The van der Waals surface area contributed by atoms with E-state index in [1.807, 2.05) is 10.6 Å². The van der Waals surface area contributed by atoms with Gasteiger partial charge in [-0.2, -0.15) is 5.26 Å². The molecule has 25 heavy (non-hydrogen) atoms. The summed E-state index contributed by atoms with van der Waals surface area (Å²) in [4.78, 5) is 10.1. The summed E-state index contributed by atoms with van der Waals surface area (Å²) >= 11 is -11.2. The first kappa shape index (κ1) is 20.7. The van der Waals surface area contributed by atoms with Gasteiger partial charge in [0, 0.05) is 29.8 Å². The van der Waals surface area contributed by atoms with E-state index in [4.69, 9.17) is 5.26 Å². The molecule has 0 spiro atoms. The summed E-state index contributed by atoms with van der Waals surface area (Å²) in [6.07, 6.45) is 3.61. The number of nitro benzene ring substituents is 1. The molecule has 0 saturated heterocycles. The van der Waals surface area contributed by atoms with Crippen molar-refractivity contribution in [2.24, 2.45) is 0 Å². The number of aromatic nitrogens is 1. The van der Waals surface area contributed by atoms with Gasteiger partial charge in [-0.05, 0) is 12.1 Å². The van der Waals surface area contributed by atoms with Crippen LogP contribution in [0.3, 0.4) is 0 Å². The molecule has 0 atom stereocenters. The molecule has 136 valence electrons. The van der Waals surface area contributed by atoms with Crippen LogP contribution in [0.15, 0.2) is 48.8 Å². The minimum atomic E-state index is -11.2. The quantitative estimate of drug-likeness (QED) is 0.222. The molecule has 1 heterocycles. The van der Waals surface area contributed by atoms with Crippen molar-refractivity contribution < 1.29 is 26.4 Å². The third kappa shape index (κ3) is 10.9. The van der Waals surface area contributed by atoms with Crippen molar-refractivity contribution in [3.63, 3.8) is 0 Å². The number of nitro groups is 1. The molecule has 0 aliphatic rings. The molecule has 0 N–H and O–H groups in total. The third-order valence-electron chi connectivity index (χ3n) is 2.53. The van der Waals surface area contributed by atoms with Crippen molar-refractivity contribution in [2.75, 3.05) is 0 Å². The summed E-state index contributed by atoms with van der Waals surface area (Å²) in [7, 11) is 0. The fraction of sp³-hybridized carbons (Fsp3) is 0.0769. The normalized spacial score (nSPS) is 13.5. The van der Waals surface area contributed by atoms with Gasteiger partial charge in [-0.1, -0.05) is 0 Å². The van der Waals surface area contributed by atoms with Crippen molar-refractivity contribution in [2.45, 2.75) is 6.54 Å². The first-order valence-corrected chi connectivity index (χ1v) is 12.1. The van der Waals surface area contributed by atoms with Crippen LogP contribution >= 0.6 is 0 Å². The van der Waals surface area contributed by atoms with Crippen LogP contribution in [0, 0.1) is 21.4 Å². The summed E-state index contributed by atoms with van der Waals surface area (Å²) in [5, 5.41) is 19.2. The number of benzene rings is 1. The van der Waals surface area contributed by atoms with Crippen LogP contribution in [0.5, 0.6) is 0 Å². The summed E-state index contributed by atoms with van der Waals surface area (Å²) in [5.41, 5.74) is 1.66. The summed E-state index contributed by atoms with van der Waals surface area (Å²) in [6, 6.07) is 11.9. The van der Waals surface area contributed by atoms with E-state index in [0.29, 0.717) is 12.1 Å². The van der Waals surface area contributed by atoms with Gasteiger partial charge in [-0.3, -0.25) is 10.1 Å². The number of pyridine rings is 1. The molecule has 0 bridgehead atoms. The Bertz CT molecular complexity index is 788. The van der Waals surface area contributed by atoms with E-state index in [1.165, 1.54) is 12.1 Å². The van der Waals surface area contributed by atoms with Gasteiger partial charge in [0.2, 0.25) is 0 Å². The Labute approximate surface area is 139 Å². The Balaban J connectivity index is 0.000000381. The van der Waals surface area contributed by atoms with E-state index in [0.717, 1.165) is 5.56 Å². The second kappa shape index (κ2) is 6.52. The van der Waals surface area contributed by atoms with Crippen LogP contribution < -0.4 is 4.57 Å². The molecular formula is C13H10F6N3O2Sb.